The van der Waals surface area contributed by atoms with E-state index in [9.17, 15) is 15.2 Å². The zero-order chi connectivity index (χ0) is 11.6. The average molecular weight is 221 g/mol. The summed E-state index contributed by atoms with van der Waals surface area (Å²) in [5.74, 6) is 0. The molecule has 1 N–H and O–H groups in total. The molecule has 0 heterocycles. The lowest BCUT2D eigenvalue weighted by molar-refractivity contribution is -0.386. The summed E-state index contributed by atoms with van der Waals surface area (Å²) in [6.07, 6.45) is 4.21. The summed E-state index contributed by atoms with van der Waals surface area (Å²) in [4.78, 5) is 10.5. The van der Waals surface area contributed by atoms with E-state index in [4.69, 9.17) is 0 Å². The molecule has 1 aromatic carbocycles. The number of nitrogens with zero attached hydrogens (tertiary/aromatic N) is 1. The lowest BCUT2D eigenvalue weighted by Crippen LogP contribution is -2.29. The number of aliphatic hydroxyl groups is 1. The van der Waals surface area contributed by atoms with Crippen LogP contribution in [0.1, 0.15) is 37.7 Å². The molecule has 16 heavy (non-hydrogen) atoms. The van der Waals surface area contributed by atoms with Gasteiger partial charge in [0.05, 0.1) is 16.1 Å². The predicted molar refractivity (Wildman–Crippen MR) is 60.1 cm³/mol. The van der Waals surface area contributed by atoms with E-state index < -0.39 is 10.5 Å². The molecule has 0 spiro atoms. The molecular weight excluding hydrogens is 206 g/mol. The highest BCUT2D eigenvalue weighted by atomic mass is 16.6. The van der Waals surface area contributed by atoms with Crippen LogP contribution in [0.4, 0.5) is 5.69 Å². The minimum atomic E-state index is -0.998. The lowest BCUT2D eigenvalue weighted by Gasteiger charge is -2.31. The van der Waals surface area contributed by atoms with Crippen molar-refractivity contribution in [2.24, 2.45) is 0 Å². The molecule has 0 aliphatic heterocycles. The van der Waals surface area contributed by atoms with E-state index in [-0.39, 0.29) is 5.69 Å². The van der Waals surface area contributed by atoms with Gasteiger partial charge >= 0.3 is 0 Å². The molecular formula is C12H15NO3. The summed E-state index contributed by atoms with van der Waals surface area (Å²) in [6.45, 7) is 0. The Morgan fingerprint density at radius 2 is 1.81 bits per heavy atom. The molecule has 0 aromatic heterocycles. The minimum Gasteiger partial charge on any atom is -0.385 e. The van der Waals surface area contributed by atoms with E-state index in [0.717, 1.165) is 19.3 Å². The van der Waals surface area contributed by atoms with Crippen LogP contribution in [0.5, 0.6) is 0 Å². The van der Waals surface area contributed by atoms with Gasteiger partial charge in [-0.3, -0.25) is 10.1 Å². The summed E-state index contributed by atoms with van der Waals surface area (Å²) >= 11 is 0. The molecule has 0 saturated heterocycles. The van der Waals surface area contributed by atoms with Crippen molar-refractivity contribution in [1.29, 1.82) is 0 Å². The molecule has 0 atom stereocenters. The first-order valence-electron chi connectivity index (χ1n) is 5.60. The van der Waals surface area contributed by atoms with Crippen LogP contribution in [0.2, 0.25) is 0 Å². The Kier molecular flexibility index (Phi) is 2.92. The highest BCUT2D eigenvalue weighted by molar-refractivity contribution is 5.43. The lowest BCUT2D eigenvalue weighted by atomic mass is 9.79. The maximum Gasteiger partial charge on any atom is 0.275 e. The fourth-order valence-electron chi connectivity index (χ4n) is 2.43. The summed E-state index contributed by atoms with van der Waals surface area (Å²) in [6, 6.07) is 6.51. The molecule has 1 aliphatic carbocycles. The monoisotopic (exact) mass is 221 g/mol. The standard InChI is InChI=1S/C12H15NO3/c14-12(8-4-1-5-9-12)10-6-2-3-7-11(10)13(15)16/h2-3,6-7,14H,1,4-5,8-9H2. The smallest absolute Gasteiger partial charge is 0.275 e. The van der Waals surface area contributed by atoms with Crippen molar-refractivity contribution in [2.45, 2.75) is 37.7 Å². The van der Waals surface area contributed by atoms with Crippen molar-refractivity contribution in [3.8, 4) is 0 Å². The van der Waals surface area contributed by atoms with Crippen molar-refractivity contribution < 1.29 is 10.0 Å². The second-order valence-corrected chi connectivity index (χ2v) is 4.37. The number of hydrogen-bond donors (Lipinski definition) is 1. The van der Waals surface area contributed by atoms with Crippen molar-refractivity contribution >= 4 is 5.69 Å². The number of para-hydroxylation sites is 1. The Hall–Kier alpha value is -1.42. The van der Waals surface area contributed by atoms with Crippen LogP contribution in [0.3, 0.4) is 0 Å². The van der Waals surface area contributed by atoms with Gasteiger partial charge in [0, 0.05) is 6.07 Å². The number of rotatable bonds is 2. The topological polar surface area (TPSA) is 63.4 Å². The van der Waals surface area contributed by atoms with Crippen LogP contribution in [0.25, 0.3) is 0 Å². The molecule has 4 heteroatoms. The van der Waals surface area contributed by atoms with Gasteiger partial charge in [-0.2, -0.15) is 0 Å². The minimum absolute atomic E-state index is 0.0342. The van der Waals surface area contributed by atoms with Gasteiger partial charge in [0.2, 0.25) is 0 Å². The normalized spacial score (nSPS) is 19.3. The largest absolute Gasteiger partial charge is 0.385 e. The van der Waals surface area contributed by atoms with Gasteiger partial charge in [-0.1, -0.05) is 31.4 Å². The third-order valence-corrected chi connectivity index (χ3v) is 3.28. The van der Waals surface area contributed by atoms with Crippen LogP contribution in [-0.2, 0) is 5.60 Å². The SMILES string of the molecule is O=[N+]([O-])c1ccccc1C1(O)CCCCC1. The highest BCUT2D eigenvalue weighted by Crippen LogP contribution is 2.40. The Bertz CT molecular complexity index is 397. The fourth-order valence-corrected chi connectivity index (χ4v) is 2.43. The molecule has 1 saturated carbocycles. The Morgan fingerprint density at radius 3 is 2.44 bits per heavy atom. The van der Waals surface area contributed by atoms with Gasteiger partial charge in [-0.15, -0.1) is 0 Å². The quantitative estimate of drug-likeness (QED) is 0.617. The van der Waals surface area contributed by atoms with Crippen LogP contribution >= 0.6 is 0 Å². The second-order valence-electron chi connectivity index (χ2n) is 4.37. The van der Waals surface area contributed by atoms with Gasteiger partial charge in [0.25, 0.3) is 5.69 Å². The first-order valence-corrected chi connectivity index (χ1v) is 5.60. The third-order valence-electron chi connectivity index (χ3n) is 3.28. The maximum atomic E-state index is 10.9. The fraction of sp³-hybridized carbons (Fsp3) is 0.500. The molecule has 1 aliphatic rings. The van der Waals surface area contributed by atoms with Crippen LogP contribution in [0, 0.1) is 10.1 Å². The first-order chi connectivity index (χ1) is 7.63. The number of hydrogen-bond acceptors (Lipinski definition) is 3. The van der Waals surface area contributed by atoms with E-state index in [0.29, 0.717) is 18.4 Å². The molecule has 1 fully saturated rings. The Morgan fingerprint density at radius 1 is 1.19 bits per heavy atom. The zero-order valence-corrected chi connectivity index (χ0v) is 9.06. The van der Waals surface area contributed by atoms with Gasteiger partial charge in [0.1, 0.15) is 0 Å². The highest BCUT2D eigenvalue weighted by Gasteiger charge is 2.36. The summed E-state index contributed by atoms with van der Waals surface area (Å²) in [5.41, 5.74) is -0.492. The van der Waals surface area contributed by atoms with Gasteiger partial charge < -0.3 is 5.11 Å². The van der Waals surface area contributed by atoms with Crippen LogP contribution in [0.15, 0.2) is 24.3 Å². The zero-order valence-electron chi connectivity index (χ0n) is 9.06. The number of nitro benzene ring substituents is 1. The summed E-state index contributed by atoms with van der Waals surface area (Å²) in [5, 5.41) is 21.4. The molecule has 0 radical (unpaired) electrons. The Labute approximate surface area is 94.1 Å². The van der Waals surface area contributed by atoms with Crippen molar-refractivity contribution in [1.82, 2.24) is 0 Å². The second kappa shape index (κ2) is 4.22. The Balaban J connectivity index is 2.42. The average Bonchev–Trinajstić information content (AvgIpc) is 2.30. The molecule has 0 amide bonds. The number of nitro groups is 1. The van der Waals surface area contributed by atoms with Crippen molar-refractivity contribution in [3.63, 3.8) is 0 Å². The van der Waals surface area contributed by atoms with E-state index in [1.807, 2.05) is 0 Å². The molecule has 2 rings (SSSR count). The third kappa shape index (κ3) is 1.93. The maximum absolute atomic E-state index is 10.9. The number of benzene rings is 1. The van der Waals surface area contributed by atoms with E-state index in [2.05, 4.69) is 0 Å². The van der Waals surface area contributed by atoms with Crippen molar-refractivity contribution in [3.05, 3.63) is 39.9 Å². The summed E-state index contributed by atoms with van der Waals surface area (Å²) < 4.78 is 0. The molecule has 4 nitrogen and oxygen atoms in total. The van der Waals surface area contributed by atoms with Gasteiger partial charge in [-0.05, 0) is 18.9 Å². The van der Waals surface area contributed by atoms with Crippen molar-refractivity contribution in [2.75, 3.05) is 0 Å². The molecule has 1 aromatic rings. The molecule has 0 bridgehead atoms. The molecule has 86 valence electrons. The van der Waals surface area contributed by atoms with Gasteiger partial charge in [0.15, 0.2) is 0 Å². The predicted octanol–water partition coefficient (Wildman–Crippen LogP) is 2.75. The van der Waals surface area contributed by atoms with Crippen LogP contribution in [-0.4, -0.2) is 10.0 Å². The first kappa shape index (κ1) is 11.1. The van der Waals surface area contributed by atoms with E-state index in [1.54, 1.807) is 18.2 Å². The molecule has 0 unspecified atom stereocenters. The van der Waals surface area contributed by atoms with Gasteiger partial charge in [-0.25, -0.2) is 0 Å². The summed E-state index contributed by atoms with van der Waals surface area (Å²) in [7, 11) is 0. The van der Waals surface area contributed by atoms with E-state index >= 15 is 0 Å². The van der Waals surface area contributed by atoms with Crippen LogP contribution < -0.4 is 0 Å². The van der Waals surface area contributed by atoms with E-state index in [1.165, 1.54) is 6.07 Å².